The molecule has 1 heterocycles. The van der Waals surface area contributed by atoms with Gasteiger partial charge in [0.2, 0.25) is 0 Å². The molecule has 0 bridgehead atoms. The monoisotopic (exact) mass is 461 g/mol. The number of nitriles is 1. The van der Waals surface area contributed by atoms with Gasteiger partial charge >= 0.3 is 11.9 Å². The average Bonchev–Trinajstić information content (AvgIpc) is 2.83. The number of aryl methyl sites for hydroxylation is 1. The number of benzene rings is 2. The van der Waals surface area contributed by atoms with Crippen LogP contribution in [0.4, 0.5) is 5.69 Å². The lowest BCUT2D eigenvalue weighted by Gasteiger charge is -2.36. The van der Waals surface area contributed by atoms with Crippen molar-refractivity contribution in [2.75, 3.05) is 19.1 Å². The third-order valence-corrected chi connectivity index (χ3v) is 5.40. The van der Waals surface area contributed by atoms with Gasteiger partial charge in [-0.15, -0.1) is 0 Å². The van der Waals surface area contributed by atoms with Crippen LogP contribution in [0.1, 0.15) is 30.9 Å². The van der Waals surface area contributed by atoms with Crippen molar-refractivity contribution in [3.05, 3.63) is 82.3 Å². The normalized spacial score (nSPS) is 15.8. The van der Waals surface area contributed by atoms with Gasteiger partial charge in [-0.1, -0.05) is 36.4 Å². The molecule has 0 saturated carbocycles. The van der Waals surface area contributed by atoms with E-state index in [1.165, 1.54) is 19.1 Å². The molecule has 0 saturated heterocycles. The largest absolute Gasteiger partial charge is 0.491 e. The molecule has 8 heteroatoms. The van der Waals surface area contributed by atoms with Crippen LogP contribution < -0.4 is 15.4 Å². The Kier molecular flexibility index (Phi) is 7.27. The van der Waals surface area contributed by atoms with Crippen molar-refractivity contribution in [3.63, 3.8) is 0 Å². The second-order valence-electron chi connectivity index (χ2n) is 7.95. The lowest BCUT2D eigenvalue weighted by atomic mass is 9.80. The molecule has 0 amide bonds. The summed E-state index contributed by atoms with van der Waals surface area (Å²) in [5.74, 6) is -1.94. The second-order valence-corrected chi connectivity index (χ2v) is 7.95. The van der Waals surface area contributed by atoms with E-state index < -0.39 is 17.9 Å². The molecule has 2 aromatic carbocycles. The molecule has 0 spiro atoms. The van der Waals surface area contributed by atoms with E-state index in [2.05, 4.69) is 6.07 Å². The van der Waals surface area contributed by atoms with Crippen LogP contribution in [0.25, 0.3) is 0 Å². The number of hydrogen-bond donors (Lipinski definition) is 1. The Hall–Kier alpha value is -4.25. The Morgan fingerprint density at radius 2 is 1.71 bits per heavy atom. The van der Waals surface area contributed by atoms with Gasteiger partial charge in [0.15, 0.2) is 0 Å². The third-order valence-electron chi connectivity index (χ3n) is 5.40. The molecule has 1 aliphatic heterocycles. The molecular formula is C26H27N3O5. The van der Waals surface area contributed by atoms with E-state index in [1.54, 1.807) is 36.4 Å². The van der Waals surface area contributed by atoms with Crippen molar-refractivity contribution in [2.24, 2.45) is 5.73 Å². The first kappa shape index (κ1) is 24.4. The molecule has 0 aromatic heterocycles. The van der Waals surface area contributed by atoms with Gasteiger partial charge in [-0.05, 0) is 38.0 Å². The fourth-order valence-corrected chi connectivity index (χ4v) is 3.94. The molecule has 3 rings (SSSR count). The van der Waals surface area contributed by atoms with Gasteiger partial charge < -0.3 is 19.9 Å². The standard InChI is InChI=1S/C26H27N3O5/c1-15(2)34-18-12-11-16(3)20(13-18)29-23(26(31)33-5)22(25(30)32-4)21(19(14-27)24(29)28)17-9-7-6-8-10-17/h6-13,15,21H,28H2,1-5H3. The summed E-state index contributed by atoms with van der Waals surface area (Å²) in [7, 11) is 2.43. The summed E-state index contributed by atoms with van der Waals surface area (Å²) in [6, 6.07) is 16.3. The third kappa shape index (κ3) is 4.46. The van der Waals surface area contributed by atoms with Gasteiger partial charge in [-0.25, -0.2) is 9.59 Å². The van der Waals surface area contributed by atoms with Crippen LogP contribution in [0.3, 0.4) is 0 Å². The first-order valence-corrected chi connectivity index (χ1v) is 10.7. The molecule has 34 heavy (non-hydrogen) atoms. The number of nitrogens with zero attached hydrogens (tertiary/aromatic N) is 2. The fourth-order valence-electron chi connectivity index (χ4n) is 3.94. The Bertz CT molecular complexity index is 1210. The lowest BCUT2D eigenvalue weighted by molar-refractivity contribution is -0.139. The highest BCUT2D eigenvalue weighted by molar-refractivity contribution is 6.06. The van der Waals surface area contributed by atoms with Gasteiger partial charge in [0.25, 0.3) is 0 Å². The summed E-state index contributed by atoms with van der Waals surface area (Å²) in [4.78, 5) is 27.6. The molecule has 2 aromatic rings. The van der Waals surface area contributed by atoms with Crippen LogP contribution in [-0.4, -0.2) is 32.3 Å². The maximum absolute atomic E-state index is 13.2. The van der Waals surface area contributed by atoms with E-state index in [4.69, 9.17) is 19.9 Å². The van der Waals surface area contributed by atoms with E-state index in [0.29, 0.717) is 17.0 Å². The number of allylic oxidation sites excluding steroid dienone is 1. The molecule has 0 radical (unpaired) electrons. The van der Waals surface area contributed by atoms with E-state index in [0.717, 1.165) is 5.56 Å². The van der Waals surface area contributed by atoms with Crippen molar-refractivity contribution >= 4 is 17.6 Å². The Balaban J connectivity index is 2.40. The number of esters is 2. The molecule has 0 fully saturated rings. The van der Waals surface area contributed by atoms with E-state index >= 15 is 0 Å². The summed E-state index contributed by atoms with van der Waals surface area (Å²) in [6.07, 6.45) is -0.0943. The predicted molar refractivity (Wildman–Crippen MR) is 126 cm³/mol. The van der Waals surface area contributed by atoms with Crippen LogP contribution in [0.5, 0.6) is 5.75 Å². The minimum Gasteiger partial charge on any atom is -0.491 e. The molecule has 176 valence electrons. The van der Waals surface area contributed by atoms with Crippen LogP contribution in [0, 0.1) is 18.3 Å². The van der Waals surface area contributed by atoms with Crippen LogP contribution in [-0.2, 0) is 19.1 Å². The Morgan fingerprint density at radius 1 is 1.06 bits per heavy atom. The predicted octanol–water partition coefficient (Wildman–Crippen LogP) is 3.68. The van der Waals surface area contributed by atoms with Crippen LogP contribution >= 0.6 is 0 Å². The van der Waals surface area contributed by atoms with Crippen LogP contribution in [0.2, 0.25) is 0 Å². The van der Waals surface area contributed by atoms with Gasteiger partial charge in [-0.3, -0.25) is 4.90 Å². The maximum Gasteiger partial charge on any atom is 0.355 e. The number of nitrogens with two attached hydrogens (primary N) is 1. The number of carbonyl (C=O) groups excluding carboxylic acids is 2. The Labute approximate surface area is 198 Å². The molecule has 8 nitrogen and oxygen atoms in total. The molecule has 1 atom stereocenters. The first-order chi connectivity index (χ1) is 16.2. The average molecular weight is 462 g/mol. The fraction of sp³-hybridized carbons (Fsp3) is 0.269. The van der Waals surface area contributed by atoms with Crippen molar-refractivity contribution in [1.82, 2.24) is 0 Å². The zero-order valence-corrected chi connectivity index (χ0v) is 19.8. The maximum atomic E-state index is 13.2. The minimum atomic E-state index is -0.917. The number of carbonyl (C=O) groups is 2. The van der Waals surface area contributed by atoms with Crippen molar-refractivity contribution in [1.29, 1.82) is 5.26 Å². The van der Waals surface area contributed by atoms with Crippen molar-refractivity contribution in [2.45, 2.75) is 32.8 Å². The minimum absolute atomic E-state index is 0.00852. The topological polar surface area (TPSA) is 115 Å². The number of anilines is 1. The highest BCUT2D eigenvalue weighted by atomic mass is 16.5. The first-order valence-electron chi connectivity index (χ1n) is 10.7. The summed E-state index contributed by atoms with van der Waals surface area (Å²) >= 11 is 0. The summed E-state index contributed by atoms with van der Waals surface area (Å²) < 4.78 is 15.9. The van der Waals surface area contributed by atoms with E-state index in [1.807, 2.05) is 32.9 Å². The number of ether oxygens (including phenoxy) is 3. The van der Waals surface area contributed by atoms with Gasteiger partial charge in [0.1, 0.15) is 17.3 Å². The highest BCUT2D eigenvalue weighted by Gasteiger charge is 2.43. The summed E-state index contributed by atoms with van der Waals surface area (Å²) in [6.45, 7) is 5.61. The number of rotatable bonds is 6. The number of methoxy groups -OCH3 is 2. The quantitative estimate of drug-likeness (QED) is 0.648. The smallest absolute Gasteiger partial charge is 0.355 e. The highest BCUT2D eigenvalue weighted by Crippen LogP contribution is 2.44. The Morgan fingerprint density at radius 3 is 2.26 bits per heavy atom. The number of hydrogen-bond acceptors (Lipinski definition) is 8. The summed E-state index contributed by atoms with van der Waals surface area (Å²) in [5, 5.41) is 10.1. The molecule has 1 aliphatic rings. The molecule has 1 unspecified atom stereocenters. The van der Waals surface area contributed by atoms with Crippen molar-refractivity contribution in [3.8, 4) is 11.8 Å². The van der Waals surface area contributed by atoms with Crippen LogP contribution in [0.15, 0.2) is 71.2 Å². The lowest BCUT2D eigenvalue weighted by Crippen LogP contribution is -2.41. The van der Waals surface area contributed by atoms with Crippen molar-refractivity contribution < 1.29 is 23.8 Å². The molecule has 2 N–H and O–H groups in total. The zero-order valence-electron chi connectivity index (χ0n) is 19.8. The SMILES string of the molecule is COC(=O)C1=C(C(=O)OC)N(c2cc(OC(C)C)ccc2C)C(N)=C(C#N)C1c1ccccc1. The zero-order chi connectivity index (χ0) is 25.0. The van der Waals surface area contributed by atoms with E-state index in [-0.39, 0.29) is 28.8 Å². The summed E-state index contributed by atoms with van der Waals surface area (Å²) in [5.41, 5.74) is 8.31. The second kappa shape index (κ2) is 10.1. The molecular weight excluding hydrogens is 434 g/mol. The van der Waals surface area contributed by atoms with Gasteiger partial charge in [0.05, 0.1) is 49.1 Å². The van der Waals surface area contributed by atoms with E-state index in [9.17, 15) is 14.9 Å². The van der Waals surface area contributed by atoms with Gasteiger partial charge in [-0.2, -0.15) is 5.26 Å². The molecule has 0 aliphatic carbocycles. The van der Waals surface area contributed by atoms with Gasteiger partial charge in [0, 0.05) is 6.07 Å².